The number of fused-ring (bicyclic) bond motifs is 1. The summed E-state index contributed by atoms with van der Waals surface area (Å²) >= 11 is 0. The minimum atomic E-state index is -0.121. The Kier molecular flexibility index (Phi) is 5.72. The van der Waals surface area contributed by atoms with Crippen LogP contribution in [0.1, 0.15) is 12.0 Å². The van der Waals surface area contributed by atoms with Crippen LogP contribution in [0.2, 0.25) is 0 Å². The Labute approximate surface area is 155 Å². The van der Waals surface area contributed by atoms with Crippen LogP contribution in [-0.4, -0.2) is 92.0 Å². The van der Waals surface area contributed by atoms with E-state index in [1.165, 1.54) is 5.56 Å². The molecular weight excluding hydrogens is 330 g/mol. The van der Waals surface area contributed by atoms with Gasteiger partial charge in [0, 0.05) is 45.8 Å². The van der Waals surface area contributed by atoms with E-state index < -0.39 is 0 Å². The zero-order chi connectivity index (χ0) is 17.8. The molecule has 3 heterocycles. The molecule has 0 aromatic heterocycles. The SMILES string of the molecule is O=C1O[C@@H]2CN(CCc3ccccc3)C[C@@H]2N1CCCN1CCOCC1. The van der Waals surface area contributed by atoms with Gasteiger partial charge in [0.05, 0.1) is 19.3 Å². The average molecular weight is 359 g/mol. The molecule has 1 aromatic carbocycles. The second-order valence-corrected chi connectivity index (χ2v) is 7.49. The zero-order valence-electron chi connectivity index (χ0n) is 15.4. The number of morpholine rings is 1. The summed E-state index contributed by atoms with van der Waals surface area (Å²) in [4.78, 5) is 19.0. The summed E-state index contributed by atoms with van der Waals surface area (Å²) in [5.74, 6) is 0. The number of nitrogens with zero attached hydrogens (tertiary/aromatic N) is 3. The van der Waals surface area contributed by atoms with Gasteiger partial charge in [-0.15, -0.1) is 0 Å². The van der Waals surface area contributed by atoms with Gasteiger partial charge in [-0.3, -0.25) is 9.80 Å². The van der Waals surface area contributed by atoms with Crippen molar-refractivity contribution in [2.75, 3.05) is 59.0 Å². The third-order valence-electron chi connectivity index (χ3n) is 5.74. The van der Waals surface area contributed by atoms with E-state index >= 15 is 0 Å². The monoisotopic (exact) mass is 359 g/mol. The minimum absolute atomic E-state index is 0.0432. The number of carbonyl (C=O) groups excluding carboxylic acids is 1. The molecule has 6 heteroatoms. The quantitative estimate of drug-likeness (QED) is 0.738. The Morgan fingerprint density at radius 1 is 0.962 bits per heavy atom. The van der Waals surface area contributed by atoms with Crippen LogP contribution < -0.4 is 0 Å². The van der Waals surface area contributed by atoms with Gasteiger partial charge in [0.25, 0.3) is 0 Å². The van der Waals surface area contributed by atoms with E-state index in [0.717, 1.165) is 71.9 Å². The first-order chi connectivity index (χ1) is 12.8. The maximum Gasteiger partial charge on any atom is 0.410 e. The van der Waals surface area contributed by atoms with E-state index in [0.29, 0.717) is 0 Å². The summed E-state index contributed by atoms with van der Waals surface area (Å²) in [6.45, 7) is 8.31. The Morgan fingerprint density at radius 2 is 1.77 bits per heavy atom. The van der Waals surface area contributed by atoms with Crippen molar-refractivity contribution in [3.05, 3.63) is 35.9 Å². The van der Waals surface area contributed by atoms with Crippen molar-refractivity contribution in [3.63, 3.8) is 0 Å². The van der Waals surface area contributed by atoms with Crippen molar-refractivity contribution in [1.29, 1.82) is 0 Å². The first kappa shape index (κ1) is 17.8. The average Bonchev–Trinajstić information content (AvgIpc) is 3.19. The minimum Gasteiger partial charge on any atom is -0.442 e. The van der Waals surface area contributed by atoms with Crippen LogP contribution in [0.4, 0.5) is 4.79 Å². The smallest absolute Gasteiger partial charge is 0.410 e. The third-order valence-corrected chi connectivity index (χ3v) is 5.74. The lowest BCUT2D eigenvalue weighted by Gasteiger charge is -2.28. The highest BCUT2D eigenvalue weighted by molar-refractivity contribution is 5.71. The highest BCUT2D eigenvalue weighted by Gasteiger charge is 2.47. The van der Waals surface area contributed by atoms with E-state index in [1.54, 1.807) is 0 Å². The molecule has 0 unspecified atom stereocenters. The third kappa shape index (κ3) is 4.19. The number of hydrogen-bond donors (Lipinski definition) is 0. The van der Waals surface area contributed by atoms with Gasteiger partial charge in [0.15, 0.2) is 0 Å². The normalized spacial score (nSPS) is 26.9. The van der Waals surface area contributed by atoms with Gasteiger partial charge >= 0.3 is 6.09 Å². The number of likely N-dealkylation sites (tertiary alicyclic amines) is 1. The number of ether oxygens (including phenoxy) is 2. The summed E-state index contributed by atoms with van der Waals surface area (Å²) in [7, 11) is 0. The van der Waals surface area contributed by atoms with Gasteiger partial charge in [-0.25, -0.2) is 4.79 Å². The summed E-state index contributed by atoms with van der Waals surface area (Å²) < 4.78 is 11.0. The largest absolute Gasteiger partial charge is 0.442 e. The summed E-state index contributed by atoms with van der Waals surface area (Å²) in [5, 5.41) is 0. The van der Waals surface area contributed by atoms with Crippen molar-refractivity contribution < 1.29 is 14.3 Å². The predicted octanol–water partition coefficient (Wildman–Crippen LogP) is 1.46. The van der Waals surface area contributed by atoms with Gasteiger partial charge in [0.2, 0.25) is 0 Å². The molecule has 0 N–H and O–H groups in total. The van der Waals surface area contributed by atoms with Crippen LogP contribution >= 0.6 is 0 Å². The van der Waals surface area contributed by atoms with Crippen LogP contribution in [0.5, 0.6) is 0 Å². The molecular formula is C20H29N3O3. The fraction of sp³-hybridized carbons (Fsp3) is 0.650. The molecule has 1 aromatic rings. The van der Waals surface area contributed by atoms with Crippen molar-refractivity contribution in [1.82, 2.24) is 14.7 Å². The fourth-order valence-corrected chi connectivity index (χ4v) is 4.24. The Hall–Kier alpha value is -1.63. The van der Waals surface area contributed by atoms with Crippen molar-refractivity contribution in [2.45, 2.75) is 25.0 Å². The van der Waals surface area contributed by atoms with E-state index in [9.17, 15) is 4.79 Å². The number of hydrogen-bond acceptors (Lipinski definition) is 5. The molecule has 3 saturated heterocycles. The zero-order valence-corrected chi connectivity index (χ0v) is 15.4. The Morgan fingerprint density at radius 3 is 2.58 bits per heavy atom. The Bertz CT molecular complexity index is 591. The second-order valence-electron chi connectivity index (χ2n) is 7.49. The standard InChI is InChI=1S/C20H29N3O3/c24-20-23(9-4-8-21-11-13-25-14-12-21)18-15-22(16-19(18)26-20)10-7-17-5-2-1-3-6-17/h1-3,5-6,18-19H,4,7-16H2/t18-,19+/m0/s1. The van der Waals surface area contributed by atoms with Gasteiger partial charge in [0.1, 0.15) is 6.10 Å². The molecule has 6 nitrogen and oxygen atoms in total. The maximum absolute atomic E-state index is 12.2. The van der Waals surface area contributed by atoms with Crippen molar-refractivity contribution in [2.24, 2.45) is 0 Å². The molecule has 0 radical (unpaired) electrons. The van der Waals surface area contributed by atoms with Crippen molar-refractivity contribution >= 4 is 6.09 Å². The maximum atomic E-state index is 12.2. The van der Waals surface area contributed by atoms with Crippen molar-refractivity contribution in [3.8, 4) is 0 Å². The van der Waals surface area contributed by atoms with E-state index in [-0.39, 0.29) is 18.2 Å². The van der Waals surface area contributed by atoms with Crippen LogP contribution in [0.15, 0.2) is 30.3 Å². The van der Waals surface area contributed by atoms with E-state index in [2.05, 4.69) is 40.1 Å². The van der Waals surface area contributed by atoms with E-state index in [1.807, 2.05) is 4.90 Å². The number of benzene rings is 1. The lowest BCUT2D eigenvalue weighted by molar-refractivity contribution is 0.0362. The topological polar surface area (TPSA) is 45.2 Å². The lowest BCUT2D eigenvalue weighted by Crippen LogP contribution is -2.41. The summed E-state index contributed by atoms with van der Waals surface area (Å²) in [6, 6.07) is 10.8. The van der Waals surface area contributed by atoms with Crippen LogP contribution in [0.25, 0.3) is 0 Å². The predicted molar refractivity (Wildman–Crippen MR) is 99.2 cm³/mol. The van der Waals surface area contributed by atoms with Crippen LogP contribution in [-0.2, 0) is 15.9 Å². The summed E-state index contributed by atoms with van der Waals surface area (Å²) in [6.07, 6.45) is 1.97. The molecule has 0 aliphatic carbocycles. The number of carbonyl (C=O) groups is 1. The molecule has 0 bridgehead atoms. The van der Waals surface area contributed by atoms with Gasteiger partial charge in [-0.1, -0.05) is 30.3 Å². The van der Waals surface area contributed by atoms with Gasteiger partial charge in [-0.2, -0.15) is 0 Å². The van der Waals surface area contributed by atoms with Crippen LogP contribution in [0, 0.1) is 0 Å². The first-order valence-electron chi connectivity index (χ1n) is 9.83. The molecule has 4 rings (SSSR count). The molecule has 0 saturated carbocycles. The molecule has 0 spiro atoms. The molecule has 3 aliphatic heterocycles. The summed E-state index contributed by atoms with van der Waals surface area (Å²) in [5.41, 5.74) is 1.36. The molecule has 1 amide bonds. The second kappa shape index (κ2) is 8.37. The molecule has 142 valence electrons. The lowest BCUT2D eigenvalue weighted by atomic mass is 10.1. The van der Waals surface area contributed by atoms with Gasteiger partial charge in [-0.05, 0) is 18.4 Å². The first-order valence-corrected chi connectivity index (χ1v) is 9.83. The Balaban J connectivity index is 1.23. The highest BCUT2D eigenvalue weighted by atomic mass is 16.6. The molecule has 3 fully saturated rings. The highest BCUT2D eigenvalue weighted by Crippen LogP contribution is 2.27. The number of amides is 1. The fourth-order valence-electron chi connectivity index (χ4n) is 4.24. The van der Waals surface area contributed by atoms with Crippen LogP contribution in [0.3, 0.4) is 0 Å². The van der Waals surface area contributed by atoms with E-state index in [4.69, 9.17) is 9.47 Å². The molecule has 26 heavy (non-hydrogen) atoms. The molecule has 2 atom stereocenters. The molecule has 3 aliphatic rings. The number of rotatable bonds is 7. The van der Waals surface area contributed by atoms with Gasteiger partial charge < -0.3 is 14.4 Å².